The summed E-state index contributed by atoms with van der Waals surface area (Å²) in [4.78, 5) is 35.0. The van der Waals surface area contributed by atoms with Crippen molar-refractivity contribution in [2.75, 3.05) is 10.2 Å². The van der Waals surface area contributed by atoms with Crippen LogP contribution < -0.4 is 10.2 Å². The van der Waals surface area contributed by atoms with E-state index in [1.54, 1.807) is 41.7 Å². The highest BCUT2D eigenvalue weighted by molar-refractivity contribution is 6.30. The lowest BCUT2D eigenvalue weighted by Gasteiger charge is -2.23. The van der Waals surface area contributed by atoms with Gasteiger partial charge in [0.15, 0.2) is 0 Å². The van der Waals surface area contributed by atoms with Crippen molar-refractivity contribution in [3.63, 3.8) is 0 Å². The minimum Gasteiger partial charge on any atom is -0.311 e. The van der Waals surface area contributed by atoms with E-state index in [1.165, 1.54) is 6.92 Å². The first-order valence-electron chi connectivity index (χ1n) is 10.1. The Morgan fingerprint density at radius 2 is 1.84 bits per heavy atom. The highest BCUT2D eigenvalue weighted by Crippen LogP contribution is 2.23. The molecular weight excluding hydrogens is 424 g/mol. The number of pyridine rings is 2. The van der Waals surface area contributed by atoms with Crippen LogP contribution in [0.15, 0.2) is 79.3 Å². The van der Waals surface area contributed by atoms with Gasteiger partial charge in [-0.15, -0.1) is 0 Å². The molecule has 32 heavy (non-hydrogen) atoms. The summed E-state index contributed by atoms with van der Waals surface area (Å²) in [5.74, 6) is 0.118. The van der Waals surface area contributed by atoms with E-state index < -0.39 is 0 Å². The monoisotopic (exact) mass is 444 g/mol. The van der Waals surface area contributed by atoms with Gasteiger partial charge in [-0.25, -0.2) is 4.98 Å². The Labute approximate surface area is 190 Å². The third kappa shape index (κ3) is 5.10. The van der Waals surface area contributed by atoms with Crippen LogP contribution in [0.25, 0.3) is 10.8 Å². The molecule has 2 aromatic carbocycles. The number of amides is 2. The maximum atomic E-state index is 13.5. The van der Waals surface area contributed by atoms with Gasteiger partial charge in [0.05, 0.1) is 24.8 Å². The van der Waals surface area contributed by atoms with Crippen LogP contribution in [0.3, 0.4) is 0 Å². The molecule has 0 aliphatic rings. The first-order chi connectivity index (χ1) is 15.5. The lowest BCUT2D eigenvalue weighted by molar-refractivity contribution is -0.118. The van der Waals surface area contributed by atoms with Gasteiger partial charge in [0.2, 0.25) is 11.8 Å². The van der Waals surface area contributed by atoms with Gasteiger partial charge in [0, 0.05) is 29.7 Å². The fraction of sp³-hybridized carbons (Fsp3) is 0.120. The Hall–Kier alpha value is -3.77. The third-order valence-electron chi connectivity index (χ3n) is 4.99. The Bertz CT molecular complexity index is 1270. The van der Waals surface area contributed by atoms with Crippen LogP contribution in [0, 0.1) is 0 Å². The maximum absolute atomic E-state index is 13.5. The number of benzene rings is 2. The lowest BCUT2D eigenvalue weighted by Crippen LogP contribution is -2.32. The van der Waals surface area contributed by atoms with E-state index in [1.807, 2.05) is 42.5 Å². The van der Waals surface area contributed by atoms with Crippen molar-refractivity contribution in [2.45, 2.75) is 19.9 Å². The van der Waals surface area contributed by atoms with Gasteiger partial charge < -0.3 is 10.2 Å². The van der Waals surface area contributed by atoms with Crippen LogP contribution in [0.5, 0.6) is 0 Å². The second kappa shape index (κ2) is 9.58. The van der Waals surface area contributed by atoms with Crippen molar-refractivity contribution < 1.29 is 9.59 Å². The molecule has 2 amide bonds. The number of halogens is 1. The molecule has 0 bridgehead atoms. The zero-order valence-corrected chi connectivity index (χ0v) is 18.2. The predicted octanol–water partition coefficient (Wildman–Crippen LogP) is 5.02. The molecule has 0 aliphatic carbocycles. The van der Waals surface area contributed by atoms with Crippen LogP contribution in [0.1, 0.15) is 18.1 Å². The van der Waals surface area contributed by atoms with Gasteiger partial charge in [0.1, 0.15) is 5.82 Å². The zero-order valence-electron chi connectivity index (χ0n) is 17.5. The lowest BCUT2D eigenvalue weighted by atomic mass is 10.0. The molecule has 6 nitrogen and oxygen atoms in total. The SMILES string of the molecule is CC(=O)Nc1ccc(N(Cc2cccc(Cl)c2)C(=O)Cc2cncc3ccccc23)cn1. The standard InChI is InChI=1S/C25H21ClN4O2/c1-17(31)29-24-10-9-22(15-28-24)30(16-18-5-4-7-21(26)11-18)25(32)12-20-14-27-13-19-6-2-3-8-23(19)20/h2-11,13-15H,12,16H2,1H3,(H,28,29,31). The van der Waals surface area contributed by atoms with E-state index in [2.05, 4.69) is 15.3 Å². The summed E-state index contributed by atoms with van der Waals surface area (Å²) in [5, 5.41) is 5.23. The van der Waals surface area contributed by atoms with Crippen molar-refractivity contribution in [2.24, 2.45) is 0 Å². The van der Waals surface area contributed by atoms with E-state index in [0.29, 0.717) is 23.1 Å². The second-order valence-electron chi connectivity index (χ2n) is 7.39. The van der Waals surface area contributed by atoms with Gasteiger partial charge in [-0.1, -0.05) is 48.0 Å². The highest BCUT2D eigenvalue weighted by Gasteiger charge is 2.19. The molecule has 0 aliphatic heterocycles. The van der Waals surface area contributed by atoms with Crippen LogP contribution in [0.2, 0.25) is 5.02 Å². The minimum absolute atomic E-state index is 0.0998. The summed E-state index contributed by atoms with van der Waals surface area (Å²) in [6.45, 7) is 1.75. The molecule has 4 rings (SSSR count). The number of nitrogens with one attached hydrogen (secondary N) is 1. The van der Waals surface area contributed by atoms with Crippen LogP contribution in [-0.4, -0.2) is 21.8 Å². The fourth-order valence-electron chi connectivity index (χ4n) is 3.52. The van der Waals surface area contributed by atoms with Gasteiger partial charge in [-0.05, 0) is 40.8 Å². The third-order valence-corrected chi connectivity index (χ3v) is 5.22. The fourth-order valence-corrected chi connectivity index (χ4v) is 3.73. The molecule has 4 aromatic rings. The van der Waals surface area contributed by atoms with Crippen LogP contribution in [-0.2, 0) is 22.6 Å². The molecule has 0 fully saturated rings. The Balaban J connectivity index is 1.66. The van der Waals surface area contributed by atoms with Gasteiger partial charge in [0.25, 0.3) is 0 Å². The van der Waals surface area contributed by atoms with Crippen molar-refractivity contribution in [3.05, 3.63) is 95.4 Å². The number of nitrogens with zero attached hydrogens (tertiary/aromatic N) is 3. The molecule has 0 saturated heterocycles. The molecule has 0 saturated carbocycles. The van der Waals surface area contributed by atoms with Gasteiger partial charge in [-0.2, -0.15) is 0 Å². The van der Waals surface area contributed by atoms with Crippen LogP contribution >= 0.6 is 11.6 Å². The average molecular weight is 445 g/mol. The number of carbonyl (C=O) groups excluding carboxylic acids is 2. The molecule has 2 aromatic heterocycles. The summed E-state index contributed by atoms with van der Waals surface area (Å²) >= 11 is 6.15. The summed E-state index contributed by atoms with van der Waals surface area (Å²) < 4.78 is 0. The number of carbonyl (C=O) groups is 2. The number of anilines is 2. The molecule has 0 radical (unpaired) electrons. The van der Waals surface area contributed by atoms with E-state index in [4.69, 9.17) is 11.6 Å². The zero-order chi connectivity index (χ0) is 22.5. The van der Waals surface area contributed by atoms with E-state index >= 15 is 0 Å². The first kappa shape index (κ1) is 21.5. The smallest absolute Gasteiger partial charge is 0.231 e. The number of fused-ring (bicyclic) bond motifs is 1. The van der Waals surface area contributed by atoms with E-state index in [0.717, 1.165) is 21.9 Å². The molecule has 1 N–H and O–H groups in total. The Morgan fingerprint density at radius 1 is 1.00 bits per heavy atom. The van der Waals surface area contributed by atoms with E-state index in [-0.39, 0.29) is 18.2 Å². The summed E-state index contributed by atoms with van der Waals surface area (Å²) in [7, 11) is 0. The Morgan fingerprint density at radius 3 is 2.59 bits per heavy atom. The minimum atomic E-state index is -0.208. The normalized spacial score (nSPS) is 10.7. The largest absolute Gasteiger partial charge is 0.311 e. The molecule has 2 heterocycles. The summed E-state index contributed by atoms with van der Waals surface area (Å²) in [5.41, 5.74) is 2.37. The van der Waals surface area contributed by atoms with E-state index in [9.17, 15) is 9.59 Å². The Kier molecular flexibility index (Phi) is 6.42. The summed E-state index contributed by atoms with van der Waals surface area (Å²) in [6.07, 6.45) is 5.28. The first-order valence-corrected chi connectivity index (χ1v) is 10.5. The molecule has 160 valence electrons. The van der Waals surface area contributed by atoms with Crippen molar-refractivity contribution in [1.82, 2.24) is 9.97 Å². The molecule has 0 atom stereocenters. The second-order valence-corrected chi connectivity index (χ2v) is 7.83. The molecule has 7 heteroatoms. The van der Waals surface area contributed by atoms with Gasteiger partial charge in [-0.3, -0.25) is 14.6 Å². The van der Waals surface area contributed by atoms with Crippen LogP contribution in [0.4, 0.5) is 11.5 Å². The number of rotatable bonds is 6. The number of hydrogen-bond donors (Lipinski definition) is 1. The predicted molar refractivity (Wildman–Crippen MR) is 127 cm³/mol. The molecule has 0 unspecified atom stereocenters. The summed E-state index contributed by atoms with van der Waals surface area (Å²) in [6, 6.07) is 18.7. The molecular formula is C25H21ClN4O2. The van der Waals surface area contributed by atoms with Crippen molar-refractivity contribution in [3.8, 4) is 0 Å². The highest BCUT2D eigenvalue weighted by atomic mass is 35.5. The molecule has 0 spiro atoms. The number of aromatic nitrogens is 2. The van der Waals surface area contributed by atoms with Crippen molar-refractivity contribution >= 4 is 45.7 Å². The number of hydrogen-bond acceptors (Lipinski definition) is 4. The average Bonchev–Trinajstić information content (AvgIpc) is 2.78. The van der Waals surface area contributed by atoms with Gasteiger partial charge >= 0.3 is 0 Å². The maximum Gasteiger partial charge on any atom is 0.231 e. The van der Waals surface area contributed by atoms with Crippen molar-refractivity contribution in [1.29, 1.82) is 0 Å². The quantitative estimate of drug-likeness (QED) is 0.453. The topological polar surface area (TPSA) is 75.2 Å².